The van der Waals surface area contributed by atoms with E-state index in [9.17, 15) is 0 Å². The van der Waals surface area contributed by atoms with Gasteiger partial charge in [-0.3, -0.25) is 0 Å². The monoisotopic (exact) mass is 174 g/mol. The Kier molecular flexibility index (Phi) is 7.39. The van der Waals surface area contributed by atoms with Crippen molar-refractivity contribution in [1.29, 1.82) is 0 Å². The molecule has 0 radical (unpaired) electrons. The normalized spacial score (nSPS) is 13.8. The van der Waals surface area contributed by atoms with Crippen molar-refractivity contribution in [3.05, 3.63) is 0 Å². The molecule has 0 aromatic rings. The summed E-state index contributed by atoms with van der Waals surface area (Å²) in [6.45, 7) is 1.98. The first-order valence-electron chi connectivity index (χ1n) is 4.60. The van der Waals surface area contributed by atoms with Crippen LogP contribution in [0.15, 0.2) is 0 Å². The maximum absolute atomic E-state index is 5.78. The van der Waals surface area contributed by atoms with Crippen molar-refractivity contribution in [3.63, 3.8) is 0 Å². The zero-order chi connectivity index (χ0) is 9.40. The van der Waals surface area contributed by atoms with E-state index < -0.39 is 0 Å². The van der Waals surface area contributed by atoms with Crippen molar-refractivity contribution < 1.29 is 0 Å². The van der Waals surface area contributed by atoms with Gasteiger partial charge in [0.2, 0.25) is 0 Å². The summed E-state index contributed by atoms with van der Waals surface area (Å²) < 4.78 is 0. The van der Waals surface area contributed by atoms with Crippen LogP contribution in [0.25, 0.3) is 0 Å². The Labute approximate surface area is 74.7 Å². The summed E-state index contributed by atoms with van der Waals surface area (Å²) in [5.74, 6) is 0.425. The molecule has 4 nitrogen and oxygen atoms in total. The molecule has 1 atom stereocenters. The summed E-state index contributed by atoms with van der Waals surface area (Å²) >= 11 is 0. The van der Waals surface area contributed by atoms with Gasteiger partial charge < -0.3 is 22.9 Å². The maximum Gasteiger partial charge on any atom is 0.00509 e. The molecule has 0 aliphatic carbocycles. The first-order valence-corrected chi connectivity index (χ1v) is 4.60. The molecule has 0 spiro atoms. The van der Waals surface area contributed by atoms with E-state index in [1.54, 1.807) is 0 Å². The van der Waals surface area contributed by atoms with Crippen LogP contribution in [0.5, 0.6) is 0 Å². The van der Waals surface area contributed by atoms with E-state index in [1.165, 1.54) is 0 Å². The Morgan fingerprint density at radius 2 is 1.42 bits per heavy atom. The van der Waals surface area contributed by atoms with Crippen LogP contribution in [0.1, 0.15) is 19.3 Å². The maximum atomic E-state index is 5.78. The zero-order valence-corrected chi connectivity index (χ0v) is 7.71. The van der Waals surface area contributed by atoms with Crippen molar-refractivity contribution in [2.45, 2.75) is 25.3 Å². The Morgan fingerprint density at radius 3 is 1.83 bits per heavy atom. The largest absolute Gasteiger partial charge is 0.330 e. The van der Waals surface area contributed by atoms with Gasteiger partial charge in [0.15, 0.2) is 0 Å². The van der Waals surface area contributed by atoms with Crippen LogP contribution in [0, 0.1) is 5.92 Å². The van der Waals surface area contributed by atoms with E-state index in [-0.39, 0.29) is 6.04 Å². The molecule has 74 valence electrons. The quantitative estimate of drug-likeness (QED) is 0.396. The molecule has 0 saturated carbocycles. The lowest BCUT2D eigenvalue weighted by atomic mass is 9.99. The van der Waals surface area contributed by atoms with Gasteiger partial charge in [0.05, 0.1) is 0 Å². The molecule has 4 heteroatoms. The van der Waals surface area contributed by atoms with Crippen molar-refractivity contribution in [2.24, 2.45) is 28.9 Å². The van der Waals surface area contributed by atoms with Gasteiger partial charge in [0.1, 0.15) is 0 Å². The van der Waals surface area contributed by atoms with Crippen LogP contribution < -0.4 is 22.9 Å². The molecule has 0 saturated heterocycles. The van der Waals surface area contributed by atoms with Gasteiger partial charge in [0.25, 0.3) is 0 Å². The van der Waals surface area contributed by atoms with Crippen molar-refractivity contribution in [1.82, 2.24) is 0 Å². The van der Waals surface area contributed by atoms with Crippen LogP contribution in [0.2, 0.25) is 0 Å². The highest BCUT2D eigenvalue weighted by molar-refractivity contribution is 4.67. The molecular formula is C8H22N4. The van der Waals surface area contributed by atoms with Crippen LogP contribution in [-0.4, -0.2) is 25.7 Å². The van der Waals surface area contributed by atoms with Gasteiger partial charge in [-0.25, -0.2) is 0 Å². The Morgan fingerprint density at radius 1 is 0.833 bits per heavy atom. The molecule has 12 heavy (non-hydrogen) atoms. The van der Waals surface area contributed by atoms with Crippen molar-refractivity contribution in [3.8, 4) is 0 Å². The van der Waals surface area contributed by atoms with Gasteiger partial charge in [-0.05, 0) is 44.8 Å². The minimum absolute atomic E-state index is 0.218. The number of rotatable bonds is 7. The molecule has 0 rings (SSSR count). The molecule has 0 heterocycles. The smallest absolute Gasteiger partial charge is 0.00509 e. The fraction of sp³-hybridized carbons (Fsp3) is 1.00. The van der Waals surface area contributed by atoms with E-state index in [4.69, 9.17) is 22.9 Å². The molecule has 1 unspecified atom stereocenters. The fourth-order valence-corrected chi connectivity index (χ4v) is 1.14. The average molecular weight is 174 g/mol. The van der Waals surface area contributed by atoms with E-state index in [2.05, 4.69) is 0 Å². The minimum Gasteiger partial charge on any atom is -0.330 e. The summed E-state index contributed by atoms with van der Waals surface area (Å²) in [6.07, 6.45) is 2.90. The van der Waals surface area contributed by atoms with Crippen LogP contribution in [0.4, 0.5) is 0 Å². The van der Waals surface area contributed by atoms with Gasteiger partial charge in [-0.1, -0.05) is 0 Å². The number of nitrogens with two attached hydrogens (primary N) is 4. The molecule has 0 aliphatic heterocycles. The van der Waals surface area contributed by atoms with Crippen molar-refractivity contribution in [2.75, 3.05) is 19.6 Å². The Hall–Kier alpha value is -0.160. The second-order valence-electron chi connectivity index (χ2n) is 3.25. The molecular weight excluding hydrogens is 152 g/mol. The fourth-order valence-electron chi connectivity index (χ4n) is 1.14. The highest BCUT2D eigenvalue weighted by Gasteiger charge is 2.07. The summed E-state index contributed by atoms with van der Waals surface area (Å²) in [4.78, 5) is 0. The molecule has 0 aromatic heterocycles. The van der Waals surface area contributed by atoms with E-state index in [0.717, 1.165) is 19.3 Å². The number of hydrogen-bond acceptors (Lipinski definition) is 4. The third-order valence-electron chi connectivity index (χ3n) is 2.15. The summed E-state index contributed by atoms with van der Waals surface area (Å²) in [6, 6.07) is 0.218. The Balaban J connectivity index is 3.37. The standard InChI is InChI=1S/C8H22N4/c9-4-3-8(12)2-1-7(5-10)6-11/h7-8H,1-6,9-12H2. The highest BCUT2D eigenvalue weighted by Crippen LogP contribution is 2.06. The van der Waals surface area contributed by atoms with Gasteiger partial charge in [-0.15, -0.1) is 0 Å². The van der Waals surface area contributed by atoms with E-state index in [0.29, 0.717) is 25.6 Å². The lowest BCUT2D eigenvalue weighted by Crippen LogP contribution is -2.28. The second-order valence-corrected chi connectivity index (χ2v) is 3.25. The zero-order valence-electron chi connectivity index (χ0n) is 7.71. The first-order chi connectivity index (χ1) is 5.74. The van der Waals surface area contributed by atoms with E-state index in [1.807, 2.05) is 0 Å². The molecule has 0 amide bonds. The molecule has 0 fully saturated rings. The Bertz CT molecular complexity index is 93.1. The van der Waals surface area contributed by atoms with Crippen LogP contribution in [0.3, 0.4) is 0 Å². The van der Waals surface area contributed by atoms with Gasteiger partial charge in [-0.2, -0.15) is 0 Å². The first kappa shape index (κ1) is 11.8. The summed E-state index contributed by atoms with van der Waals surface area (Å²) in [5, 5.41) is 0. The number of hydrogen-bond donors (Lipinski definition) is 4. The van der Waals surface area contributed by atoms with Gasteiger partial charge in [0, 0.05) is 6.04 Å². The lowest BCUT2D eigenvalue weighted by Gasteiger charge is -2.15. The molecule has 0 bridgehead atoms. The molecule has 8 N–H and O–H groups in total. The third-order valence-corrected chi connectivity index (χ3v) is 2.15. The van der Waals surface area contributed by atoms with Crippen LogP contribution in [-0.2, 0) is 0 Å². The van der Waals surface area contributed by atoms with Crippen LogP contribution >= 0.6 is 0 Å². The highest BCUT2D eigenvalue weighted by atomic mass is 14.7. The lowest BCUT2D eigenvalue weighted by molar-refractivity contribution is 0.444. The second kappa shape index (κ2) is 7.49. The third kappa shape index (κ3) is 5.49. The topological polar surface area (TPSA) is 104 Å². The minimum atomic E-state index is 0.218. The average Bonchev–Trinajstić information content (AvgIpc) is 2.07. The predicted molar refractivity (Wildman–Crippen MR) is 52.5 cm³/mol. The summed E-state index contributed by atoms with van der Waals surface area (Å²) in [5.41, 5.74) is 22.1. The molecule has 0 aromatic carbocycles. The predicted octanol–water partition coefficient (Wildman–Crippen LogP) is -1.02. The van der Waals surface area contributed by atoms with Gasteiger partial charge >= 0.3 is 0 Å². The SMILES string of the molecule is NCCC(N)CCC(CN)CN. The van der Waals surface area contributed by atoms with E-state index >= 15 is 0 Å². The molecule has 0 aliphatic rings. The summed E-state index contributed by atoms with van der Waals surface area (Å²) in [7, 11) is 0. The van der Waals surface area contributed by atoms with Crippen molar-refractivity contribution >= 4 is 0 Å².